The van der Waals surface area contributed by atoms with Gasteiger partial charge in [-0.2, -0.15) is 0 Å². The summed E-state index contributed by atoms with van der Waals surface area (Å²) in [6, 6.07) is 6.95. The van der Waals surface area contributed by atoms with E-state index in [1.807, 2.05) is 6.92 Å². The van der Waals surface area contributed by atoms with Crippen molar-refractivity contribution in [1.82, 2.24) is 0 Å². The molecule has 3 heteroatoms. The van der Waals surface area contributed by atoms with Crippen LogP contribution in [0.2, 0.25) is 0 Å². The van der Waals surface area contributed by atoms with Crippen LogP contribution in [0.1, 0.15) is 42.6 Å². The Kier molecular flexibility index (Phi) is 4.23. The minimum atomic E-state index is -0.329. The van der Waals surface area contributed by atoms with Gasteiger partial charge in [-0.15, -0.1) is 0 Å². The van der Waals surface area contributed by atoms with E-state index in [2.05, 4.69) is 0 Å². The molecule has 1 unspecified atom stereocenters. The van der Waals surface area contributed by atoms with E-state index in [1.165, 1.54) is 0 Å². The summed E-state index contributed by atoms with van der Waals surface area (Å²) < 4.78 is 4.87. The molecule has 0 aromatic heterocycles. The molecule has 0 saturated heterocycles. The predicted octanol–water partition coefficient (Wildman–Crippen LogP) is 2.56. The summed E-state index contributed by atoms with van der Waals surface area (Å²) in [5, 5.41) is 0. The lowest BCUT2D eigenvalue weighted by atomic mass is 9.97. The van der Waals surface area contributed by atoms with Crippen molar-refractivity contribution in [2.45, 2.75) is 26.7 Å². The first-order chi connectivity index (χ1) is 7.56. The Balaban J connectivity index is 2.83. The number of hydrogen-bond acceptors (Lipinski definition) is 3. The maximum Gasteiger partial charge on any atom is 0.338 e. The number of ketones is 1. The molecule has 0 spiro atoms. The first-order valence-electron chi connectivity index (χ1n) is 5.33. The predicted molar refractivity (Wildman–Crippen MR) is 61.5 cm³/mol. The van der Waals surface area contributed by atoms with Crippen molar-refractivity contribution < 1.29 is 14.3 Å². The molecule has 1 aromatic rings. The van der Waals surface area contributed by atoms with Gasteiger partial charge in [-0.3, -0.25) is 4.79 Å². The molecule has 86 valence electrons. The van der Waals surface area contributed by atoms with Crippen LogP contribution in [0.25, 0.3) is 0 Å². The summed E-state index contributed by atoms with van der Waals surface area (Å²) in [7, 11) is 0. The third kappa shape index (κ3) is 2.92. The maximum absolute atomic E-state index is 11.4. The average Bonchev–Trinajstić information content (AvgIpc) is 2.28. The maximum atomic E-state index is 11.4. The second-order valence-electron chi connectivity index (χ2n) is 3.67. The molecule has 0 bridgehead atoms. The minimum absolute atomic E-state index is 0.115. The van der Waals surface area contributed by atoms with Crippen LogP contribution < -0.4 is 0 Å². The summed E-state index contributed by atoms with van der Waals surface area (Å²) in [4.78, 5) is 22.5. The van der Waals surface area contributed by atoms with Gasteiger partial charge < -0.3 is 4.74 Å². The average molecular weight is 220 g/mol. The van der Waals surface area contributed by atoms with Crippen molar-refractivity contribution in [3.05, 3.63) is 35.4 Å². The smallest absolute Gasteiger partial charge is 0.338 e. The van der Waals surface area contributed by atoms with Crippen LogP contribution in [-0.2, 0) is 9.53 Å². The highest BCUT2D eigenvalue weighted by Crippen LogP contribution is 2.17. The zero-order valence-corrected chi connectivity index (χ0v) is 9.82. The fourth-order valence-electron chi connectivity index (χ4n) is 1.36. The zero-order valence-electron chi connectivity index (χ0n) is 9.82. The fraction of sp³-hybridized carbons (Fsp3) is 0.385. The molecule has 0 N–H and O–H groups in total. The molecule has 0 heterocycles. The lowest BCUT2D eigenvalue weighted by Gasteiger charge is -2.08. The van der Waals surface area contributed by atoms with Gasteiger partial charge in [0.1, 0.15) is 5.78 Å². The number of Topliss-reactive ketones (excluding diaryl/α,β-unsaturated/α-hetero) is 1. The number of carbonyl (C=O) groups is 2. The van der Waals surface area contributed by atoms with Gasteiger partial charge in [0.2, 0.25) is 0 Å². The summed E-state index contributed by atoms with van der Waals surface area (Å²) >= 11 is 0. The second kappa shape index (κ2) is 5.45. The van der Waals surface area contributed by atoms with E-state index in [1.54, 1.807) is 38.1 Å². The van der Waals surface area contributed by atoms with E-state index < -0.39 is 0 Å². The monoisotopic (exact) mass is 220 g/mol. The van der Waals surface area contributed by atoms with E-state index in [-0.39, 0.29) is 17.7 Å². The summed E-state index contributed by atoms with van der Waals surface area (Å²) in [6.07, 6.45) is 0. The lowest BCUT2D eigenvalue weighted by Crippen LogP contribution is -2.07. The molecule has 0 aliphatic carbocycles. The molecule has 0 amide bonds. The Bertz CT molecular complexity index is 379. The Labute approximate surface area is 95.4 Å². The number of hydrogen-bond donors (Lipinski definition) is 0. The van der Waals surface area contributed by atoms with Crippen molar-refractivity contribution in [2.75, 3.05) is 6.61 Å². The van der Waals surface area contributed by atoms with Crippen molar-refractivity contribution in [3.8, 4) is 0 Å². The zero-order chi connectivity index (χ0) is 12.1. The van der Waals surface area contributed by atoms with E-state index in [4.69, 9.17) is 4.74 Å². The van der Waals surface area contributed by atoms with Gasteiger partial charge in [-0.05, 0) is 31.5 Å². The molecule has 0 radical (unpaired) electrons. The summed E-state index contributed by atoms with van der Waals surface area (Å²) in [6.45, 7) is 5.54. The second-order valence-corrected chi connectivity index (χ2v) is 3.67. The minimum Gasteiger partial charge on any atom is -0.462 e. The molecule has 1 rings (SSSR count). The third-order valence-corrected chi connectivity index (χ3v) is 2.53. The van der Waals surface area contributed by atoms with Crippen LogP contribution in [-0.4, -0.2) is 18.4 Å². The number of carbonyl (C=O) groups excluding carboxylic acids is 2. The molecule has 16 heavy (non-hydrogen) atoms. The van der Waals surface area contributed by atoms with Crippen LogP contribution >= 0.6 is 0 Å². The van der Waals surface area contributed by atoms with Crippen molar-refractivity contribution >= 4 is 11.8 Å². The highest BCUT2D eigenvalue weighted by Gasteiger charge is 2.11. The van der Waals surface area contributed by atoms with Crippen molar-refractivity contribution in [3.63, 3.8) is 0 Å². The largest absolute Gasteiger partial charge is 0.462 e. The SMILES string of the molecule is CCOC(=O)c1ccc(C(C)C(C)=O)cc1. The Morgan fingerprint density at radius 2 is 1.81 bits per heavy atom. The molecule has 0 saturated carbocycles. The third-order valence-electron chi connectivity index (χ3n) is 2.53. The van der Waals surface area contributed by atoms with E-state index >= 15 is 0 Å². The standard InChI is InChI=1S/C13H16O3/c1-4-16-13(15)12-7-5-11(6-8-12)9(2)10(3)14/h5-9H,4H2,1-3H3. The van der Waals surface area contributed by atoms with Gasteiger partial charge in [0.25, 0.3) is 0 Å². The number of benzene rings is 1. The molecule has 0 aliphatic rings. The molecular weight excluding hydrogens is 204 g/mol. The van der Waals surface area contributed by atoms with Crippen molar-refractivity contribution in [2.24, 2.45) is 0 Å². The first-order valence-corrected chi connectivity index (χ1v) is 5.33. The molecular formula is C13H16O3. The van der Waals surface area contributed by atoms with Crippen LogP contribution in [0.5, 0.6) is 0 Å². The van der Waals surface area contributed by atoms with Crippen LogP contribution in [0, 0.1) is 0 Å². The Morgan fingerprint density at radius 1 is 1.25 bits per heavy atom. The van der Waals surface area contributed by atoms with Gasteiger partial charge in [-0.25, -0.2) is 4.79 Å². The number of ether oxygens (including phenoxy) is 1. The number of rotatable bonds is 4. The van der Waals surface area contributed by atoms with Gasteiger partial charge in [-0.1, -0.05) is 19.1 Å². The van der Waals surface area contributed by atoms with E-state index in [9.17, 15) is 9.59 Å². The Hall–Kier alpha value is -1.64. The quantitative estimate of drug-likeness (QED) is 0.732. The van der Waals surface area contributed by atoms with Gasteiger partial charge >= 0.3 is 5.97 Å². The summed E-state index contributed by atoms with van der Waals surface area (Å²) in [5.74, 6) is -0.343. The van der Waals surface area contributed by atoms with Gasteiger partial charge in [0.05, 0.1) is 12.2 Å². The highest BCUT2D eigenvalue weighted by molar-refractivity contribution is 5.89. The Morgan fingerprint density at radius 3 is 2.25 bits per heavy atom. The van der Waals surface area contributed by atoms with Crippen LogP contribution in [0.3, 0.4) is 0 Å². The highest BCUT2D eigenvalue weighted by atomic mass is 16.5. The normalized spacial score (nSPS) is 11.9. The molecule has 3 nitrogen and oxygen atoms in total. The van der Waals surface area contributed by atoms with Crippen LogP contribution in [0.4, 0.5) is 0 Å². The topological polar surface area (TPSA) is 43.4 Å². The number of esters is 1. The fourth-order valence-corrected chi connectivity index (χ4v) is 1.36. The van der Waals surface area contributed by atoms with Crippen LogP contribution in [0.15, 0.2) is 24.3 Å². The van der Waals surface area contributed by atoms with E-state index in [0.29, 0.717) is 12.2 Å². The van der Waals surface area contributed by atoms with E-state index in [0.717, 1.165) is 5.56 Å². The van der Waals surface area contributed by atoms with Gasteiger partial charge in [0, 0.05) is 5.92 Å². The molecule has 1 atom stereocenters. The molecule has 0 fully saturated rings. The summed E-state index contributed by atoms with van der Waals surface area (Å²) in [5.41, 5.74) is 1.43. The molecule has 1 aromatic carbocycles. The van der Waals surface area contributed by atoms with Gasteiger partial charge in [0.15, 0.2) is 0 Å². The lowest BCUT2D eigenvalue weighted by molar-refractivity contribution is -0.118. The molecule has 0 aliphatic heterocycles. The van der Waals surface area contributed by atoms with Crippen molar-refractivity contribution in [1.29, 1.82) is 0 Å². The first kappa shape index (κ1) is 12.4.